The molecule has 172 valence electrons. The third-order valence-corrected chi connectivity index (χ3v) is 6.45. The molecule has 1 saturated heterocycles. The number of carboxylic acids is 1. The number of hydrogen-bond donors (Lipinski definition) is 2. The summed E-state index contributed by atoms with van der Waals surface area (Å²) in [5, 5.41) is 12.2. The summed E-state index contributed by atoms with van der Waals surface area (Å²) in [6.45, 7) is 6.96. The Bertz CT molecular complexity index is 721. The molecule has 2 amide bonds. The molecule has 1 aromatic carbocycles. The van der Waals surface area contributed by atoms with Crippen LogP contribution in [0.3, 0.4) is 0 Å². The molecule has 1 aliphatic heterocycles. The first-order valence-electron chi connectivity index (χ1n) is 11.7. The normalized spacial score (nSPS) is 18.9. The standard InChI is InChI=1S/C25H38N2O4/c1-4-18(2)10-8-14-23(28)27-15-9-13-21(27)16-19(3)24(29)26-22(25(30)31)17-20-11-6-5-7-12-20/h5-7,11-12,18-19,21-22H,4,8-10,13-17H2,1-3H3,(H,26,29)(H,30,31)/t18-,19-,21+,22+/m0/s1. The Morgan fingerprint density at radius 1 is 1.19 bits per heavy atom. The zero-order valence-electron chi connectivity index (χ0n) is 19.2. The molecule has 6 nitrogen and oxygen atoms in total. The van der Waals surface area contributed by atoms with Gasteiger partial charge in [-0.25, -0.2) is 4.79 Å². The minimum atomic E-state index is -1.04. The van der Waals surface area contributed by atoms with E-state index in [4.69, 9.17) is 0 Å². The van der Waals surface area contributed by atoms with Gasteiger partial charge in [0.25, 0.3) is 0 Å². The Morgan fingerprint density at radius 2 is 1.90 bits per heavy atom. The molecule has 2 N–H and O–H groups in total. The van der Waals surface area contributed by atoms with Crippen LogP contribution in [0, 0.1) is 11.8 Å². The molecule has 0 radical (unpaired) electrons. The monoisotopic (exact) mass is 430 g/mol. The van der Waals surface area contributed by atoms with Crippen molar-refractivity contribution in [1.82, 2.24) is 10.2 Å². The van der Waals surface area contributed by atoms with Crippen molar-refractivity contribution in [2.24, 2.45) is 11.8 Å². The summed E-state index contributed by atoms with van der Waals surface area (Å²) < 4.78 is 0. The molecule has 0 unspecified atom stereocenters. The number of likely N-dealkylation sites (tertiary alicyclic amines) is 1. The number of hydrogen-bond acceptors (Lipinski definition) is 3. The Kier molecular flexibility index (Phi) is 10.0. The maximum absolute atomic E-state index is 12.7. The molecule has 2 rings (SSSR count). The van der Waals surface area contributed by atoms with Crippen molar-refractivity contribution < 1.29 is 19.5 Å². The van der Waals surface area contributed by atoms with Gasteiger partial charge >= 0.3 is 5.97 Å². The van der Waals surface area contributed by atoms with Gasteiger partial charge in [0.2, 0.25) is 11.8 Å². The van der Waals surface area contributed by atoms with Crippen LogP contribution in [0.15, 0.2) is 30.3 Å². The summed E-state index contributed by atoms with van der Waals surface area (Å²) in [6, 6.07) is 8.40. The summed E-state index contributed by atoms with van der Waals surface area (Å²) in [7, 11) is 0. The zero-order chi connectivity index (χ0) is 22.8. The van der Waals surface area contributed by atoms with E-state index in [1.165, 1.54) is 0 Å². The molecular formula is C25H38N2O4. The van der Waals surface area contributed by atoms with Crippen molar-refractivity contribution in [3.8, 4) is 0 Å². The fraction of sp³-hybridized carbons (Fsp3) is 0.640. The highest BCUT2D eigenvalue weighted by Crippen LogP contribution is 2.25. The van der Waals surface area contributed by atoms with Crippen LogP contribution in [0.2, 0.25) is 0 Å². The summed E-state index contributed by atoms with van der Waals surface area (Å²) in [4.78, 5) is 39.0. The van der Waals surface area contributed by atoms with Crippen molar-refractivity contribution in [2.45, 2.75) is 84.2 Å². The molecule has 0 aliphatic carbocycles. The van der Waals surface area contributed by atoms with E-state index >= 15 is 0 Å². The molecule has 6 heteroatoms. The van der Waals surface area contributed by atoms with Crippen LogP contribution in [-0.2, 0) is 20.8 Å². The predicted octanol–water partition coefficient (Wildman–Crippen LogP) is 4.03. The fourth-order valence-electron chi connectivity index (χ4n) is 4.24. The summed E-state index contributed by atoms with van der Waals surface area (Å²) in [5.74, 6) is -0.825. The van der Waals surface area contributed by atoms with E-state index in [0.717, 1.165) is 44.2 Å². The minimum Gasteiger partial charge on any atom is -0.480 e. The minimum absolute atomic E-state index is 0.0641. The number of carbonyl (C=O) groups excluding carboxylic acids is 2. The Morgan fingerprint density at radius 3 is 2.55 bits per heavy atom. The van der Waals surface area contributed by atoms with E-state index in [9.17, 15) is 19.5 Å². The molecule has 1 aromatic rings. The van der Waals surface area contributed by atoms with Crippen LogP contribution in [0.5, 0.6) is 0 Å². The average molecular weight is 431 g/mol. The lowest BCUT2D eigenvalue weighted by Crippen LogP contribution is -2.46. The van der Waals surface area contributed by atoms with Gasteiger partial charge in [-0.2, -0.15) is 0 Å². The first-order valence-corrected chi connectivity index (χ1v) is 11.7. The zero-order valence-corrected chi connectivity index (χ0v) is 19.2. The molecule has 1 heterocycles. The Balaban J connectivity index is 1.86. The highest BCUT2D eigenvalue weighted by atomic mass is 16.4. The molecule has 0 spiro atoms. The molecule has 31 heavy (non-hydrogen) atoms. The molecule has 0 saturated carbocycles. The van der Waals surface area contributed by atoms with Gasteiger partial charge in [0.1, 0.15) is 6.04 Å². The Hall–Kier alpha value is -2.37. The summed E-state index contributed by atoms with van der Waals surface area (Å²) >= 11 is 0. The highest BCUT2D eigenvalue weighted by molar-refractivity contribution is 5.85. The molecule has 1 fully saturated rings. The van der Waals surface area contributed by atoms with Crippen LogP contribution in [0.4, 0.5) is 0 Å². The van der Waals surface area contributed by atoms with Crippen LogP contribution in [0.25, 0.3) is 0 Å². The smallest absolute Gasteiger partial charge is 0.326 e. The van der Waals surface area contributed by atoms with Crippen molar-refractivity contribution in [3.05, 3.63) is 35.9 Å². The fourth-order valence-corrected chi connectivity index (χ4v) is 4.24. The van der Waals surface area contributed by atoms with E-state index in [1.54, 1.807) is 0 Å². The van der Waals surface area contributed by atoms with Crippen LogP contribution in [0.1, 0.15) is 71.3 Å². The number of amides is 2. The second-order valence-electron chi connectivity index (χ2n) is 9.01. The summed E-state index contributed by atoms with van der Waals surface area (Å²) in [5.41, 5.74) is 0.868. The van der Waals surface area contributed by atoms with Crippen molar-refractivity contribution >= 4 is 17.8 Å². The first kappa shape index (κ1) is 24.9. The van der Waals surface area contributed by atoms with Gasteiger partial charge in [-0.1, -0.05) is 63.9 Å². The average Bonchev–Trinajstić information content (AvgIpc) is 3.21. The maximum Gasteiger partial charge on any atom is 0.326 e. The van der Waals surface area contributed by atoms with Gasteiger partial charge in [-0.15, -0.1) is 0 Å². The lowest BCUT2D eigenvalue weighted by molar-refractivity contribution is -0.142. The quantitative estimate of drug-likeness (QED) is 0.524. The van der Waals surface area contributed by atoms with Crippen LogP contribution < -0.4 is 5.32 Å². The van der Waals surface area contributed by atoms with E-state index in [-0.39, 0.29) is 30.2 Å². The van der Waals surface area contributed by atoms with Gasteiger partial charge in [0, 0.05) is 31.3 Å². The molecular weight excluding hydrogens is 392 g/mol. The number of benzene rings is 1. The lowest BCUT2D eigenvalue weighted by Gasteiger charge is -2.27. The maximum atomic E-state index is 12.7. The number of aliphatic carboxylic acids is 1. The van der Waals surface area contributed by atoms with Crippen molar-refractivity contribution in [3.63, 3.8) is 0 Å². The van der Waals surface area contributed by atoms with Gasteiger partial charge in [-0.05, 0) is 37.2 Å². The largest absolute Gasteiger partial charge is 0.480 e. The SMILES string of the molecule is CC[C@H](C)CCCC(=O)N1CCC[C@@H]1C[C@H](C)C(=O)N[C@H](Cc1ccccc1)C(=O)O. The third kappa shape index (κ3) is 8.00. The number of carboxylic acid groups (broad SMARTS) is 1. The van der Waals surface area contributed by atoms with Crippen LogP contribution in [-0.4, -0.2) is 46.4 Å². The predicted molar refractivity (Wildman–Crippen MR) is 122 cm³/mol. The third-order valence-electron chi connectivity index (χ3n) is 6.45. The molecule has 0 bridgehead atoms. The topological polar surface area (TPSA) is 86.7 Å². The van der Waals surface area contributed by atoms with Gasteiger partial charge in [-0.3, -0.25) is 9.59 Å². The van der Waals surface area contributed by atoms with Gasteiger partial charge in [0.05, 0.1) is 0 Å². The number of nitrogens with one attached hydrogen (secondary N) is 1. The number of carbonyl (C=O) groups is 3. The highest BCUT2D eigenvalue weighted by Gasteiger charge is 2.32. The second kappa shape index (κ2) is 12.5. The van der Waals surface area contributed by atoms with E-state index in [0.29, 0.717) is 18.8 Å². The van der Waals surface area contributed by atoms with Crippen molar-refractivity contribution in [2.75, 3.05) is 6.54 Å². The van der Waals surface area contributed by atoms with Crippen LogP contribution >= 0.6 is 0 Å². The van der Waals surface area contributed by atoms with E-state index in [2.05, 4.69) is 19.2 Å². The van der Waals surface area contributed by atoms with Crippen molar-refractivity contribution in [1.29, 1.82) is 0 Å². The van der Waals surface area contributed by atoms with Gasteiger partial charge in [0.15, 0.2) is 0 Å². The Labute approximate surface area is 186 Å². The molecule has 0 aromatic heterocycles. The van der Waals surface area contributed by atoms with E-state index < -0.39 is 12.0 Å². The molecule has 4 atom stereocenters. The molecule has 1 aliphatic rings. The summed E-state index contributed by atoms with van der Waals surface area (Å²) in [6.07, 6.45) is 6.36. The van der Waals surface area contributed by atoms with E-state index in [1.807, 2.05) is 42.2 Å². The number of rotatable bonds is 12. The lowest BCUT2D eigenvalue weighted by atomic mass is 9.97. The van der Waals surface area contributed by atoms with Gasteiger partial charge < -0.3 is 15.3 Å². The number of nitrogens with zero attached hydrogens (tertiary/aromatic N) is 1. The second-order valence-corrected chi connectivity index (χ2v) is 9.01. The first-order chi connectivity index (χ1) is 14.8.